The Morgan fingerprint density at radius 2 is 2.15 bits per heavy atom. The number of nitrogens with zero attached hydrogens (tertiary/aromatic N) is 2. The van der Waals surface area contributed by atoms with Crippen LogP contribution in [0.25, 0.3) is 0 Å². The molecule has 1 amide bonds. The Bertz CT molecular complexity index is 627. The smallest absolute Gasteiger partial charge is 0.267 e. The summed E-state index contributed by atoms with van der Waals surface area (Å²) in [6.45, 7) is 2.56. The number of carbonyl (C=O) groups excluding carboxylic acids is 1. The lowest BCUT2D eigenvalue weighted by Crippen LogP contribution is -2.15. The molecule has 0 fully saturated rings. The molecular weight excluding hydrogens is 254 g/mol. The number of nitrogen functional groups attached to an aromatic ring is 1. The van der Waals surface area contributed by atoms with Gasteiger partial charge in [-0.3, -0.25) is 9.78 Å². The minimum atomic E-state index is -0.583. The Morgan fingerprint density at radius 3 is 2.85 bits per heavy atom. The molecule has 0 atom stereocenters. The van der Waals surface area contributed by atoms with Crippen LogP contribution < -0.4 is 16.8 Å². The van der Waals surface area contributed by atoms with Gasteiger partial charge in [0, 0.05) is 6.20 Å². The van der Waals surface area contributed by atoms with Gasteiger partial charge in [-0.15, -0.1) is 0 Å². The maximum Gasteiger partial charge on any atom is 0.267 e. The van der Waals surface area contributed by atoms with Gasteiger partial charge in [0.2, 0.25) is 0 Å². The number of hydrogen-bond acceptors (Lipinski definition) is 5. The third-order valence-electron chi connectivity index (χ3n) is 2.97. The first-order valence-corrected chi connectivity index (χ1v) is 6.34. The Balaban J connectivity index is 2.18. The lowest BCUT2D eigenvalue weighted by Gasteiger charge is -2.11. The average molecular weight is 271 g/mol. The number of primary amides is 1. The van der Waals surface area contributed by atoms with Crippen LogP contribution in [0.5, 0.6) is 0 Å². The number of hydrogen-bond donors (Lipinski definition) is 3. The number of carbonyl (C=O) groups is 1. The number of pyridine rings is 2. The first-order valence-electron chi connectivity index (χ1n) is 6.34. The van der Waals surface area contributed by atoms with E-state index in [0.717, 1.165) is 17.7 Å². The molecule has 2 rings (SSSR count). The Labute approximate surface area is 117 Å². The van der Waals surface area contributed by atoms with E-state index in [9.17, 15) is 4.79 Å². The Morgan fingerprint density at radius 1 is 1.35 bits per heavy atom. The van der Waals surface area contributed by atoms with E-state index in [1.165, 1.54) is 6.07 Å². The average Bonchev–Trinajstić information content (AvgIpc) is 2.46. The monoisotopic (exact) mass is 271 g/mol. The Kier molecular flexibility index (Phi) is 4.14. The van der Waals surface area contributed by atoms with Crippen LogP contribution in [0, 0.1) is 0 Å². The number of aryl methyl sites for hydroxylation is 1. The van der Waals surface area contributed by atoms with E-state index in [0.29, 0.717) is 18.1 Å². The molecule has 0 aromatic carbocycles. The molecule has 5 N–H and O–H groups in total. The number of aromatic nitrogens is 2. The first kappa shape index (κ1) is 13.8. The van der Waals surface area contributed by atoms with E-state index in [4.69, 9.17) is 11.5 Å². The second-order valence-electron chi connectivity index (χ2n) is 4.31. The zero-order valence-electron chi connectivity index (χ0n) is 11.3. The van der Waals surface area contributed by atoms with Gasteiger partial charge in [-0.25, -0.2) is 4.98 Å². The molecule has 0 unspecified atom stereocenters. The molecule has 0 saturated heterocycles. The molecule has 0 saturated carbocycles. The fourth-order valence-corrected chi connectivity index (χ4v) is 1.87. The second kappa shape index (κ2) is 6.01. The van der Waals surface area contributed by atoms with Gasteiger partial charge in [0.05, 0.1) is 17.9 Å². The minimum Gasteiger partial charge on any atom is -0.396 e. The molecule has 2 heterocycles. The molecule has 0 aliphatic heterocycles. The van der Waals surface area contributed by atoms with Gasteiger partial charge in [0.1, 0.15) is 11.5 Å². The summed E-state index contributed by atoms with van der Waals surface area (Å²) in [5.41, 5.74) is 13.8. The molecular formula is C14H17N5O. The van der Waals surface area contributed by atoms with Gasteiger partial charge in [-0.1, -0.05) is 13.0 Å². The maximum atomic E-state index is 11.1. The standard InChI is InChI=1S/C14H17N5O/c1-2-9-4-3-7-17-12(9)8-18-14-10(15)5-6-11(19-14)13(16)20/h3-7H,2,8,15H2,1H3,(H2,16,20)(H,18,19). The van der Waals surface area contributed by atoms with Crippen molar-refractivity contribution in [2.75, 3.05) is 11.1 Å². The topological polar surface area (TPSA) is 107 Å². The highest BCUT2D eigenvalue weighted by Gasteiger charge is 2.08. The number of anilines is 2. The predicted molar refractivity (Wildman–Crippen MR) is 78.1 cm³/mol. The van der Waals surface area contributed by atoms with Crippen molar-refractivity contribution in [3.05, 3.63) is 47.4 Å². The summed E-state index contributed by atoms with van der Waals surface area (Å²) in [7, 11) is 0. The number of amides is 1. The fourth-order valence-electron chi connectivity index (χ4n) is 1.87. The number of rotatable bonds is 5. The van der Waals surface area contributed by atoms with E-state index in [-0.39, 0.29) is 5.69 Å². The van der Waals surface area contributed by atoms with Crippen molar-refractivity contribution < 1.29 is 4.79 Å². The number of nitrogens with one attached hydrogen (secondary N) is 1. The van der Waals surface area contributed by atoms with E-state index in [1.54, 1.807) is 12.3 Å². The van der Waals surface area contributed by atoms with Crippen LogP contribution in [0.3, 0.4) is 0 Å². The molecule has 104 valence electrons. The summed E-state index contributed by atoms with van der Waals surface area (Å²) in [5.74, 6) is -0.144. The molecule has 6 heteroatoms. The van der Waals surface area contributed by atoms with Crippen LogP contribution >= 0.6 is 0 Å². The molecule has 2 aromatic rings. The lowest BCUT2D eigenvalue weighted by atomic mass is 10.1. The molecule has 0 radical (unpaired) electrons. The minimum absolute atomic E-state index is 0.179. The second-order valence-corrected chi connectivity index (χ2v) is 4.31. The fraction of sp³-hybridized carbons (Fsp3) is 0.214. The summed E-state index contributed by atoms with van der Waals surface area (Å²) in [4.78, 5) is 19.6. The third-order valence-corrected chi connectivity index (χ3v) is 2.97. The van der Waals surface area contributed by atoms with Crippen LogP contribution in [-0.2, 0) is 13.0 Å². The van der Waals surface area contributed by atoms with E-state index in [2.05, 4.69) is 22.2 Å². The molecule has 6 nitrogen and oxygen atoms in total. The SMILES string of the molecule is CCc1cccnc1CNc1nc(C(N)=O)ccc1N. The van der Waals surface area contributed by atoms with Crippen LogP contribution in [0.4, 0.5) is 11.5 Å². The third kappa shape index (κ3) is 3.03. The highest BCUT2D eigenvalue weighted by atomic mass is 16.1. The lowest BCUT2D eigenvalue weighted by molar-refractivity contribution is 0.0996. The summed E-state index contributed by atoms with van der Waals surface area (Å²) in [6.07, 6.45) is 2.64. The molecule has 2 aromatic heterocycles. The van der Waals surface area contributed by atoms with Crippen molar-refractivity contribution in [1.82, 2.24) is 9.97 Å². The van der Waals surface area contributed by atoms with Crippen molar-refractivity contribution in [2.24, 2.45) is 5.73 Å². The van der Waals surface area contributed by atoms with E-state index >= 15 is 0 Å². The zero-order valence-corrected chi connectivity index (χ0v) is 11.3. The van der Waals surface area contributed by atoms with Crippen LogP contribution in [-0.4, -0.2) is 15.9 Å². The van der Waals surface area contributed by atoms with Gasteiger partial charge >= 0.3 is 0 Å². The first-order chi connectivity index (χ1) is 9.61. The molecule has 0 spiro atoms. The van der Waals surface area contributed by atoms with E-state index in [1.807, 2.05) is 12.1 Å². The summed E-state index contributed by atoms with van der Waals surface area (Å²) in [5, 5.41) is 3.09. The van der Waals surface area contributed by atoms with Crippen LogP contribution in [0.1, 0.15) is 28.7 Å². The Hall–Kier alpha value is -2.63. The quantitative estimate of drug-likeness (QED) is 0.760. The normalized spacial score (nSPS) is 10.2. The van der Waals surface area contributed by atoms with Crippen molar-refractivity contribution in [2.45, 2.75) is 19.9 Å². The predicted octanol–water partition coefficient (Wildman–Crippen LogP) is 1.33. The molecule has 0 aliphatic carbocycles. The summed E-state index contributed by atoms with van der Waals surface area (Å²) >= 11 is 0. The highest BCUT2D eigenvalue weighted by Crippen LogP contribution is 2.17. The summed E-state index contributed by atoms with van der Waals surface area (Å²) < 4.78 is 0. The maximum absolute atomic E-state index is 11.1. The largest absolute Gasteiger partial charge is 0.396 e. The molecule has 20 heavy (non-hydrogen) atoms. The highest BCUT2D eigenvalue weighted by molar-refractivity contribution is 5.91. The molecule has 0 bridgehead atoms. The van der Waals surface area contributed by atoms with Gasteiger partial charge in [-0.2, -0.15) is 0 Å². The molecule has 0 aliphatic rings. The van der Waals surface area contributed by atoms with Crippen molar-refractivity contribution in [3.63, 3.8) is 0 Å². The van der Waals surface area contributed by atoms with Crippen molar-refractivity contribution >= 4 is 17.4 Å². The van der Waals surface area contributed by atoms with Crippen molar-refractivity contribution in [3.8, 4) is 0 Å². The van der Waals surface area contributed by atoms with Gasteiger partial charge in [-0.05, 0) is 30.2 Å². The van der Waals surface area contributed by atoms with E-state index < -0.39 is 5.91 Å². The van der Waals surface area contributed by atoms with Crippen LogP contribution in [0.15, 0.2) is 30.5 Å². The van der Waals surface area contributed by atoms with Crippen LogP contribution in [0.2, 0.25) is 0 Å². The summed E-state index contributed by atoms with van der Waals surface area (Å²) in [6, 6.07) is 7.04. The van der Waals surface area contributed by atoms with Gasteiger partial charge < -0.3 is 16.8 Å². The number of nitrogens with two attached hydrogens (primary N) is 2. The zero-order chi connectivity index (χ0) is 14.5. The van der Waals surface area contributed by atoms with Gasteiger partial charge in [0.25, 0.3) is 5.91 Å². The van der Waals surface area contributed by atoms with Crippen molar-refractivity contribution in [1.29, 1.82) is 0 Å². The van der Waals surface area contributed by atoms with Gasteiger partial charge in [0.15, 0.2) is 0 Å².